The number of hydrogen-bond acceptors (Lipinski definition) is 5. The predicted octanol–water partition coefficient (Wildman–Crippen LogP) is 4.52. The van der Waals surface area contributed by atoms with Crippen molar-refractivity contribution in [2.75, 3.05) is 23.7 Å². The topological polar surface area (TPSA) is 58.1 Å². The van der Waals surface area contributed by atoms with Crippen LogP contribution in [-0.4, -0.2) is 34.7 Å². The van der Waals surface area contributed by atoms with E-state index >= 15 is 0 Å². The summed E-state index contributed by atoms with van der Waals surface area (Å²) in [4.78, 5) is 24.8. The van der Waals surface area contributed by atoms with Crippen LogP contribution >= 0.6 is 11.8 Å². The first kappa shape index (κ1) is 19.4. The maximum atomic E-state index is 12.8. The van der Waals surface area contributed by atoms with Gasteiger partial charge >= 0.3 is 0 Å². The van der Waals surface area contributed by atoms with Gasteiger partial charge in [-0.15, -0.1) is 0 Å². The monoisotopic (exact) mass is 418 g/mol. The van der Waals surface area contributed by atoms with E-state index < -0.39 is 0 Å². The first-order valence-corrected chi connectivity index (χ1v) is 11.8. The van der Waals surface area contributed by atoms with Gasteiger partial charge in [0, 0.05) is 13.1 Å². The number of benzene rings is 2. The van der Waals surface area contributed by atoms with Crippen molar-refractivity contribution in [3.05, 3.63) is 59.7 Å². The number of thioether (sulfide) groups is 1. The molecule has 2 aromatic carbocycles. The van der Waals surface area contributed by atoms with Gasteiger partial charge in [-0.3, -0.25) is 4.79 Å². The second kappa shape index (κ2) is 8.64. The summed E-state index contributed by atoms with van der Waals surface area (Å²) in [5.41, 5.74) is 4.42. The number of amides is 1. The second-order valence-electron chi connectivity index (χ2n) is 8.04. The Kier molecular flexibility index (Phi) is 5.58. The molecule has 0 spiro atoms. The number of nitrogens with one attached hydrogen (secondary N) is 1. The van der Waals surface area contributed by atoms with Crippen molar-refractivity contribution in [3.8, 4) is 0 Å². The van der Waals surface area contributed by atoms with Crippen LogP contribution in [0.25, 0.3) is 11.0 Å². The fourth-order valence-electron chi connectivity index (χ4n) is 4.48. The van der Waals surface area contributed by atoms with Crippen molar-refractivity contribution < 1.29 is 4.79 Å². The maximum Gasteiger partial charge on any atom is 0.230 e. The van der Waals surface area contributed by atoms with Crippen molar-refractivity contribution in [1.29, 1.82) is 0 Å². The number of aromatic nitrogens is 2. The van der Waals surface area contributed by atoms with Crippen LogP contribution in [0.4, 0.5) is 5.82 Å². The lowest BCUT2D eigenvalue weighted by atomic mass is 9.88. The fraction of sp³-hybridized carbons (Fsp3) is 0.375. The Morgan fingerprint density at radius 2 is 1.73 bits per heavy atom. The SMILES string of the molecule is O=C(CSc1nc2ccccc2nc1N1CCCC1)N[C@@H]1CCCc2ccccc21. The highest BCUT2D eigenvalue weighted by atomic mass is 32.2. The molecule has 1 N–H and O–H groups in total. The molecule has 2 heterocycles. The zero-order chi connectivity index (χ0) is 20.3. The highest BCUT2D eigenvalue weighted by molar-refractivity contribution is 8.00. The minimum atomic E-state index is 0.0593. The minimum absolute atomic E-state index is 0.0593. The Labute approximate surface area is 181 Å². The molecule has 3 aromatic rings. The molecule has 2 aliphatic rings. The zero-order valence-electron chi connectivity index (χ0n) is 17.0. The molecule has 0 radical (unpaired) electrons. The van der Waals surface area contributed by atoms with E-state index in [1.54, 1.807) is 0 Å². The molecule has 0 bridgehead atoms. The molecule has 0 unspecified atom stereocenters. The molecule has 1 aromatic heterocycles. The summed E-state index contributed by atoms with van der Waals surface area (Å²) < 4.78 is 0. The van der Waals surface area contributed by atoms with E-state index in [4.69, 9.17) is 9.97 Å². The first-order chi connectivity index (χ1) is 14.8. The van der Waals surface area contributed by atoms with Gasteiger partial charge in [0.15, 0.2) is 5.82 Å². The van der Waals surface area contributed by atoms with Crippen LogP contribution in [-0.2, 0) is 11.2 Å². The van der Waals surface area contributed by atoms with Gasteiger partial charge in [-0.2, -0.15) is 0 Å². The number of carbonyl (C=O) groups excluding carboxylic acids is 1. The molecule has 0 saturated carbocycles. The molecular weight excluding hydrogens is 392 g/mol. The largest absolute Gasteiger partial charge is 0.354 e. The third-order valence-electron chi connectivity index (χ3n) is 5.97. The lowest BCUT2D eigenvalue weighted by molar-refractivity contribution is -0.119. The Morgan fingerprint density at radius 1 is 1.00 bits per heavy atom. The van der Waals surface area contributed by atoms with E-state index in [1.807, 2.05) is 24.3 Å². The van der Waals surface area contributed by atoms with Crippen molar-refractivity contribution in [2.24, 2.45) is 0 Å². The third-order valence-corrected chi connectivity index (χ3v) is 6.93. The summed E-state index contributed by atoms with van der Waals surface area (Å²) in [6.45, 7) is 2.01. The Hall–Kier alpha value is -2.60. The molecule has 154 valence electrons. The molecule has 6 heteroatoms. The number of carbonyl (C=O) groups is 1. The minimum Gasteiger partial charge on any atom is -0.354 e. The first-order valence-electron chi connectivity index (χ1n) is 10.8. The summed E-state index contributed by atoms with van der Waals surface area (Å²) in [5.74, 6) is 1.34. The van der Waals surface area contributed by atoms with Gasteiger partial charge in [0.1, 0.15) is 5.03 Å². The third kappa shape index (κ3) is 4.01. The lowest BCUT2D eigenvalue weighted by Gasteiger charge is -2.26. The molecule has 1 aliphatic heterocycles. The summed E-state index contributed by atoms with van der Waals surface area (Å²) in [6.07, 6.45) is 5.58. The second-order valence-corrected chi connectivity index (χ2v) is 9.00. The van der Waals surface area contributed by atoms with Crippen LogP contribution in [0, 0.1) is 0 Å². The van der Waals surface area contributed by atoms with Gasteiger partial charge in [0.25, 0.3) is 0 Å². The average Bonchev–Trinajstić information content (AvgIpc) is 3.32. The Balaban J connectivity index is 1.32. The van der Waals surface area contributed by atoms with Crippen LogP contribution in [0.1, 0.15) is 42.9 Å². The van der Waals surface area contributed by atoms with E-state index in [-0.39, 0.29) is 11.9 Å². The Morgan fingerprint density at radius 3 is 2.57 bits per heavy atom. The van der Waals surface area contributed by atoms with Crippen LogP contribution in [0.3, 0.4) is 0 Å². The van der Waals surface area contributed by atoms with Crippen LogP contribution in [0.5, 0.6) is 0 Å². The van der Waals surface area contributed by atoms with Crippen molar-refractivity contribution >= 4 is 34.5 Å². The van der Waals surface area contributed by atoms with Gasteiger partial charge < -0.3 is 10.2 Å². The molecule has 1 atom stereocenters. The molecule has 1 saturated heterocycles. The van der Waals surface area contributed by atoms with E-state index in [1.165, 1.54) is 35.7 Å². The molecule has 1 amide bonds. The van der Waals surface area contributed by atoms with Gasteiger partial charge in [-0.25, -0.2) is 9.97 Å². The van der Waals surface area contributed by atoms with Gasteiger partial charge in [0.2, 0.25) is 5.91 Å². The predicted molar refractivity (Wildman–Crippen MR) is 122 cm³/mol. The molecule has 1 aliphatic carbocycles. The number of nitrogens with zero attached hydrogens (tertiary/aromatic N) is 3. The van der Waals surface area contributed by atoms with Crippen LogP contribution < -0.4 is 10.2 Å². The maximum absolute atomic E-state index is 12.8. The number of aryl methyl sites for hydroxylation is 1. The van der Waals surface area contributed by atoms with Crippen LogP contribution in [0.2, 0.25) is 0 Å². The molecule has 1 fully saturated rings. The van der Waals surface area contributed by atoms with Gasteiger partial charge in [0.05, 0.1) is 22.8 Å². The van der Waals surface area contributed by atoms with E-state index in [2.05, 4.69) is 34.5 Å². The highest BCUT2D eigenvalue weighted by Gasteiger charge is 2.23. The smallest absolute Gasteiger partial charge is 0.230 e. The van der Waals surface area contributed by atoms with E-state index in [0.717, 1.165) is 54.2 Å². The number of rotatable bonds is 5. The van der Waals surface area contributed by atoms with E-state index in [0.29, 0.717) is 5.75 Å². The van der Waals surface area contributed by atoms with Crippen molar-refractivity contribution in [1.82, 2.24) is 15.3 Å². The number of fused-ring (bicyclic) bond motifs is 2. The Bertz CT molecular complexity index is 1060. The zero-order valence-corrected chi connectivity index (χ0v) is 17.8. The molecule has 5 rings (SSSR count). The van der Waals surface area contributed by atoms with Gasteiger partial charge in [-0.1, -0.05) is 48.2 Å². The summed E-state index contributed by atoms with van der Waals surface area (Å²) in [6, 6.07) is 16.5. The summed E-state index contributed by atoms with van der Waals surface area (Å²) in [5, 5.41) is 4.11. The van der Waals surface area contributed by atoms with E-state index in [9.17, 15) is 4.79 Å². The number of hydrogen-bond donors (Lipinski definition) is 1. The lowest BCUT2D eigenvalue weighted by Crippen LogP contribution is -2.32. The average molecular weight is 419 g/mol. The number of anilines is 1. The molecule has 30 heavy (non-hydrogen) atoms. The fourth-order valence-corrected chi connectivity index (χ4v) is 5.30. The molecular formula is C24H26N4OS. The summed E-state index contributed by atoms with van der Waals surface area (Å²) in [7, 11) is 0. The standard InChI is InChI=1S/C24H26N4OS/c29-22(25-19-13-7-9-17-8-1-2-10-18(17)19)16-30-24-23(28-14-5-6-15-28)26-20-11-3-4-12-21(20)27-24/h1-4,8,10-12,19H,5-7,9,13-16H2,(H,25,29)/t19-/m1/s1. The molecule has 5 nitrogen and oxygen atoms in total. The van der Waals surface area contributed by atoms with Crippen molar-refractivity contribution in [2.45, 2.75) is 43.2 Å². The van der Waals surface area contributed by atoms with Crippen molar-refractivity contribution in [3.63, 3.8) is 0 Å². The summed E-state index contributed by atoms with van der Waals surface area (Å²) >= 11 is 1.50. The normalized spacial score (nSPS) is 18.4. The highest BCUT2D eigenvalue weighted by Crippen LogP contribution is 2.32. The van der Waals surface area contributed by atoms with Crippen LogP contribution in [0.15, 0.2) is 53.6 Å². The number of para-hydroxylation sites is 2. The van der Waals surface area contributed by atoms with Gasteiger partial charge in [-0.05, 0) is 55.4 Å². The quantitative estimate of drug-likeness (QED) is 0.618.